The van der Waals surface area contributed by atoms with E-state index in [-0.39, 0.29) is 0 Å². The summed E-state index contributed by atoms with van der Waals surface area (Å²) in [5.41, 5.74) is 2.71. The number of aldehydes is 1. The summed E-state index contributed by atoms with van der Waals surface area (Å²) in [5, 5.41) is 0. The van der Waals surface area contributed by atoms with Crippen LogP contribution in [-0.4, -0.2) is 29.8 Å². The van der Waals surface area contributed by atoms with Gasteiger partial charge in [-0.05, 0) is 36.9 Å². The molecule has 0 saturated heterocycles. The SMILES string of the molecule is CCN(Cc1ccccn1)Cc1cc(C=O)ccc1OC. The highest BCUT2D eigenvalue weighted by Crippen LogP contribution is 2.21. The second kappa shape index (κ2) is 7.55. The molecule has 0 spiro atoms. The molecule has 0 N–H and O–H groups in total. The standard InChI is InChI=1S/C17H20N2O2/c1-3-19(12-16-6-4-5-9-18-16)11-15-10-14(13-20)7-8-17(15)21-2/h4-10,13H,3,11-12H2,1-2H3. The number of nitrogens with zero attached hydrogens (tertiary/aromatic N) is 2. The molecule has 0 bridgehead atoms. The summed E-state index contributed by atoms with van der Waals surface area (Å²) in [6.07, 6.45) is 2.66. The molecule has 0 radical (unpaired) electrons. The number of carbonyl (C=O) groups excluding carboxylic acids is 1. The predicted molar refractivity (Wildman–Crippen MR) is 82.4 cm³/mol. The van der Waals surface area contributed by atoms with E-state index in [2.05, 4.69) is 16.8 Å². The molecule has 0 saturated carbocycles. The summed E-state index contributed by atoms with van der Waals surface area (Å²) in [5.74, 6) is 0.806. The first-order valence-electron chi connectivity index (χ1n) is 7.01. The van der Waals surface area contributed by atoms with Crippen LogP contribution in [-0.2, 0) is 13.1 Å². The van der Waals surface area contributed by atoms with Gasteiger partial charge in [0, 0.05) is 30.4 Å². The van der Waals surface area contributed by atoms with Crippen molar-refractivity contribution in [2.45, 2.75) is 20.0 Å². The van der Waals surface area contributed by atoms with Gasteiger partial charge < -0.3 is 4.74 Å². The molecule has 0 fully saturated rings. The summed E-state index contributed by atoms with van der Waals surface area (Å²) >= 11 is 0. The number of pyridine rings is 1. The summed E-state index contributed by atoms with van der Waals surface area (Å²) < 4.78 is 5.38. The number of benzene rings is 1. The number of ether oxygens (including phenoxy) is 1. The van der Waals surface area contributed by atoms with Gasteiger partial charge in [-0.15, -0.1) is 0 Å². The number of methoxy groups -OCH3 is 1. The minimum atomic E-state index is 0.666. The summed E-state index contributed by atoms with van der Waals surface area (Å²) in [4.78, 5) is 17.6. The molecule has 0 atom stereocenters. The molecule has 110 valence electrons. The van der Waals surface area contributed by atoms with Crippen LogP contribution >= 0.6 is 0 Å². The fourth-order valence-corrected chi connectivity index (χ4v) is 2.24. The van der Waals surface area contributed by atoms with Gasteiger partial charge in [0.2, 0.25) is 0 Å². The van der Waals surface area contributed by atoms with E-state index in [1.807, 2.05) is 30.3 Å². The molecule has 0 amide bonds. The maximum Gasteiger partial charge on any atom is 0.150 e. The Morgan fingerprint density at radius 3 is 2.71 bits per heavy atom. The van der Waals surface area contributed by atoms with E-state index in [4.69, 9.17) is 4.74 Å². The molecule has 1 aromatic carbocycles. The van der Waals surface area contributed by atoms with Crippen molar-refractivity contribution < 1.29 is 9.53 Å². The van der Waals surface area contributed by atoms with E-state index in [1.54, 1.807) is 19.4 Å². The van der Waals surface area contributed by atoms with Crippen LogP contribution in [0.1, 0.15) is 28.5 Å². The normalized spacial score (nSPS) is 10.6. The highest BCUT2D eigenvalue weighted by molar-refractivity contribution is 5.75. The van der Waals surface area contributed by atoms with Crippen molar-refractivity contribution in [3.8, 4) is 5.75 Å². The van der Waals surface area contributed by atoms with Crippen molar-refractivity contribution in [2.75, 3.05) is 13.7 Å². The van der Waals surface area contributed by atoms with Gasteiger partial charge in [0.15, 0.2) is 0 Å². The lowest BCUT2D eigenvalue weighted by Gasteiger charge is -2.21. The Morgan fingerprint density at radius 1 is 1.24 bits per heavy atom. The number of aromatic nitrogens is 1. The minimum Gasteiger partial charge on any atom is -0.496 e. The van der Waals surface area contributed by atoms with Crippen LogP contribution < -0.4 is 4.74 Å². The molecule has 1 heterocycles. The van der Waals surface area contributed by atoms with Gasteiger partial charge in [-0.3, -0.25) is 14.7 Å². The molecule has 2 rings (SSSR count). The number of hydrogen-bond acceptors (Lipinski definition) is 4. The molecule has 4 heteroatoms. The molecule has 1 aromatic heterocycles. The second-order valence-corrected chi connectivity index (χ2v) is 4.81. The highest BCUT2D eigenvalue weighted by Gasteiger charge is 2.10. The summed E-state index contributed by atoms with van der Waals surface area (Å²) in [7, 11) is 1.65. The van der Waals surface area contributed by atoms with E-state index in [0.717, 1.165) is 42.9 Å². The van der Waals surface area contributed by atoms with E-state index >= 15 is 0 Å². The number of hydrogen-bond donors (Lipinski definition) is 0. The van der Waals surface area contributed by atoms with E-state index < -0.39 is 0 Å². The first-order valence-corrected chi connectivity index (χ1v) is 7.01. The number of rotatable bonds is 7. The Hall–Kier alpha value is -2.20. The zero-order chi connectivity index (χ0) is 15.1. The highest BCUT2D eigenvalue weighted by atomic mass is 16.5. The van der Waals surface area contributed by atoms with Crippen molar-refractivity contribution in [1.82, 2.24) is 9.88 Å². The molecule has 0 aliphatic rings. The van der Waals surface area contributed by atoms with E-state index in [0.29, 0.717) is 5.56 Å². The Labute approximate surface area is 125 Å². The lowest BCUT2D eigenvalue weighted by Crippen LogP contribution is -2.23. The van der Waals surface area contributed by atoms with Gasteiger partial charge >= 0.3 is 0 Å². The summed E-state index contributed by atoms with van der Waals surface area (Å²) in [6.45, 7) is 4.49. The monoisotopic (exact) mass is 284 g/mol. The minimum absolute atomic E-state index is 0.666. The first kappa shape index (κ1) is 15.2. The fourth-order valence-electron chi connectivity index (χ4n) is 2.24. The maximum atomic E-state index is 10.9. The van der Waals surface area contributed by atoms with Gasteiger partial charge in [0.1, 0.15) is 12.0 Å². The van der Waals surface area contributed by atoms with Crippen LogP contribution in [0.25, 0.3) is 0 Å². The van der Waals surface area contributed by atoms with Gasteiger partial charge in [0.25, 0.3) is 0 Å². The van der Waals surface area contributed by atoms with E-state index in [1.165, 1.54) is 0 Å². The van der Waals surface area contributed by atoms with Gasteiger partial charge in [-0.1, -0.05) is 13.0 Å². The Kier molecular flexibility index (Phi) is 5.46. The van der Waals surface area contributed by atoms with Crippen LogP contribution in [0, 0.1) is 0 Å². The lowest BCUT2D eigenvalue weighted by atomic mass is 10.1. The molecular formula is C17H20N2O2. The third-order valence-electron chi connectivity index (χ3n) is 3.39. The van der Waals surface area contributed by atoms with Crippen LogP contribution in [0.3, 0.4) is 0 Å². The molecule has 2 aromatic rings. The average molecular weight is 284 g/mol. The Bertz CT molecular complexity index is 585. The fraction of sp³-hybridized carbons (Fsp3) is 0.294. The molecular weight excluding hydrogens is 264 g/mol. The quantitative estimate of drug-likeness (QED) is 0.733. The van der Waals surface area contributed by atoms with Crippen LogP contribution in [0.2, 0.25) is 0 Å². The van der Waals surface area contributed by atoms with Crippen molar-refractivity contribution in [1.29, 1.82) is 0 Å². The third kappa shape index (κ3) is 4.13. The van der Waals surface area contributed by atoms with Crippen molar-refractivity contribution in [3.63, 3.8) is 0 Å². The average Bonchev–Trinajstić information content (AvgIpc) is 2.55. The smallest absolute Gasteiger partial charge is 0.150 e. The van der Waals surface area contributed by atoms with Gasteiger partial charge in [0.05, 0.1) is 12.8 Å². The topological polar surface area (TPSA) is 42.4 Å². The van der Waals surface area contributed by atoms with Crippen LogP contribution in [0.4, 0.5) is 0 Å². The van der Waals surface area contributed by atoms with E-state index in [9.17, 15) is 4.79 Å². The van der Waals surface area contributed by atoms with Crippen molar-refractivity contribution in [3.05, 3.63) is 59.4 Å². The molecule has 21 heavy (non-hydrogen) atoms. The van der Waals surface area contributed by atoms with Gasteiger partial charge in [-0.25, -0.2) is 0 Å². The second-order valence-electron chi connectivity index (χ2n) is 4.81. The molecule has 4 nitrogen and oxygen atoms in total. The summed E-state index contributed by atoms with van der Waals surface area (Å²) in [6, 6.07) is 11.4. The Morgan fingerprint density at radius 2 is 2.10 bits per heavy atom. The first-order chi connectivity index (χ1) is 10.3. The lowest BCUT2D eigenvalue weighted by molar-refractivity contribution is 0.112. The Balaban J connectivity index is 2.16. The zero-order valence-corrected chi connectivity index (χ0v) is 12.5. The van der Waals surface area contributed by atoms with Crippen LogP contribution in [0.5, 0.6) is 5.75 Å². The zero-order valence-electron chi connectivity index (χ0n) is 12.5. The van der Waals surface area contributed by atoms with Crippen molar-refractivity contribution >= 4 is 6.29 Å². The number of carbonyl (C=O) groups is 1. The molecule has 0 aliphatic heterocycles. The molecule has 0 unspecified atom stereocenters. The van der Waals surface area contributed by atoms with Crippen molar-refractivity contribution in [2.24, 2.45) is 0 Å². The maximum absolute atomic E-state index is 10.9. The molecule has 0 aliphatic carbocycles. The van der Waals surface area contributed by atoms with Gasteiger partial charge in [-0.2, -0.15) is 0 Å². The largest absolute Gasteiger partial charge is 0.496 e. The third-order valence-corrected chi connectivity index (χ3v) is 3.39. The predicted octanol–water partition coefficient (Wildman–Crippen LogP) is 2.92. The van der Waals surface area contributed by atoms with Crippen LogP contribution in [0.15, 0.2) is 42.6 Å².